The van der Waals surface area contributed by atoms with E-state index in [9.17, 15) is 10.1 Å². The minimum absolute atomic E-state index is 0.105. The molecule has 0 spiro atoms. The van der Waals surface area contributed by atoms with E-state index in [1.807, 2.05) is 24.3 Å². The van der Waals surface area contributed by atoms with Crippen LogP contribution in [0, 0.1) is 10.1 Å². The van der Waals surface area contributed by atoms with Gasteiger partial charge in [0.15, 0.2) is 0 Å². The van der Waals surface area contributed by atoms with Crippen LogP contribution in [0.2, 0.25) is 5.02 Å². The molecule has 0 aliphatic heterocycles. The average molecular weight is 293 g/mol. The fraction of sp³-hybridized carbons (Fsp3) is 0.143. The van der Waals surface area contributed by atoms with Crippen molar-refractivity contribution in [3.8, 4) is 5.75 Å². The topological polar surface area (TPSA) is 64.4 Å². The molecule has 0 radical (unpaired) electrons. The first-order valence-electron chi connectivity index (χ1n) is 5.91. The van der Waals surface area contributed by atoms with E-state index in [2.05, 4.69) is 5.32 Å². The van der Waals surface area contributed by atoms with Crippen LogP contribution < -0.4 is 10.1 Å². The van der Waals surface area contributed by atoms with E-state index in [1.54, 1.807) is 13.2 Å². The largest absolute Gasteiger partial charge is 0.497 e. The Morgan fingerprint density at radius 1 is 1.25 bits per heavy atom. The highest BCUT2D eigenvalue weighted by molar-refractivity contribution is 6.32. The Morgan fingerprint density at radius 2 is 1.95 bits per heavy atom. The van der Waals surface area contributed by atoms with E-state index < -0.39 is 4.92 Å². The molecule has 0 aliphatic rings. The highest BCUT2D eigenvalue weighted by Crippen LogP contribution is 2.27. The standard InChI is InChI=1S/C14H13ClN2O3/c1-20-12-5-2-10(3-6-12)9-16-11-4-7-13(15)14(8-11)17(18)19/h2-8,16H,9H2,1H3. The zero-order valence-electron chi connectivity index (χ0n) is 10.8. The van der Waals surface area contributed by atoms with Crippen LogP contribution in [0.25, 0.3) is 0 Å². The minimum atomic E-state index is -0.499. The number of methoxy groups -OCH3 is 1. The highest BCUT2D eigenvalue weighted by Gasteiger charge is 2.12. The molecule has 2 rings (SSSR count). The normalized spacial score (nSPS) is 10.1. The van der Waals surface area contributed by atoms with Gasteiger partial charge in [0.25, 0.3) is 5.69 Å². The number of nitrogens with one attached hydrogen (secondary N) is 1. The second kappa shape index (κ2) is 6.25. The molecule has 0 heterocycles. The van der Waals surface area contributed by atoms with Gasteiger partial charge in [-0.05, 0) is 29.8 Å². The van der Waals surface area contributed by atoms with E-state index >= 15 is 0 Å². The third kappa shape index (κ3) is 3.39. The molecule has 1 N–H and O–H groups in total. The smallest absolute Gasteiger partial charge is 0.289 e. The van der Waals surface area contributed by atoms with Crippen LogP contribution in [-0.2, 0) is 6.54 Å². The van der Waals surface area contributed by atoms with Crippen LogP contribution in [0.1, 0.15) is 5.56 Å². The summed E-state index contributed by atoms with van der Waals surface area (Å²) in [6, 6.07) is 12.2. The molecule has 104 valence electrons. The monoisotopic (exact) mass is 292 g/mol. The number of nitro groups is 1. The Hall–Kier alpha value is -2.27. The van der Waals surface area contributed by atoms with Gasteiger partial charge in [0.1, 0.15) is 10.8 Å². The first-order chi connectivity index (χ1) is 9.60. The first kappa shape index (κ1) is 14.1. The molecule has 0 atom stereocenters. The summed E-state index contributed by atoms with van der Waals surface area (Å²) in [6.45, 7) is 0.558. The molecular formula is C14H13ClN2O3. The van der Waals surface area contributed by atoms with E-state index in [0.717, 1.165) is 11.3 Å². The van der Waals surface area contributed by atoms with Crippen LogP contribution in [0.3, 0.4) is 0 Å². The molecule has 0 unspecified atom stereocenters. The molecule has 0 fully saturated rings. The molecule has 2 aromatic carbocycles. The summed E-state index contributed by atoms with van der Waals surface area (Å²) in [5, 5.41) is 14.0. The molecule has 0 aromatic heterocycles. The molecule has 6 heteroatoms. The van der Waals surface area contributed by atoms with Gasteiger partial charge in [-0.1, -0.05) is 23.7 Å². The van der Waals surface area contributed by atoms with Gasteiger partial charge in [0.2, 0.25) is 0 Å². The summed E-state index contributed by atoms with van der Waals surface area (Å²) in [4.78, 5) is 10.3. The minimum Gasteiger partial charge on any atom is -0.497 e. The lowest BCUT2D eigenvalue weighted by Crippen LogP contribution is -2.00. The number of benzene rings is 2. The molecule has 0 amide bonds. The number of nitro benzene ring substituents is 1. The van der Waals surface area contributed by atoms with Crippen molar-refractivity contribution >= 4 is 23.0 Å². The molecular weight excluding hydrogens is 280 g/mol. The maximum Gasteiger partial charge on any atom is 0.289 e. The van der Waals surface area contributed by atoms with Crippen molar-refractivity contribution in [1.82, 2.24) is 0 Å². The van der Waals surface area contributed by atoms with Gasteiger partial charge in [-0.25, -0.2) is 0 Å². The van der Waals surface area contributed by atoms with E-state index in [4.69, 9.17) is 16.3 Å². The Morgan fingerprint density at radius 3 is 2.55 bits per heavy atom. The molecule has 0 saturated carbocycles. The van der Waals surface area contributed by atoms with Crippen molar-refractivity contribution in [2.75, 3.05) is 12.4 Å². The van der Waals surface area contributed by atoms with Crippen LogP contribution in [0.15, 0.2) is 42.5 Å². The van der Waals surface area contributed by atoms with Crippen LogP contribution in [0.4, 0.5) is 11.4 Å². The molecule has 0 saturated heterocycles. The third-order valence-electron chi connectivity index (χ3n) is 2.80. The first-order valence-corrected chi connectivity index (χ1v) is 6.28. The van der Waals surface area contributed by atoms with Gasteiger partial charge in [0, 0.05) is 18.3 Å². The van der Waals surface area contributed by atoms with Crippen molar-refractivity contribution in [3.05, 3.63) is 63.2 Å². The van der Waals surface area contributed by atoms with Gasteiger partial charge in [0.05, 0.1) is 12.0 Å². The van der Waals surface area contributed by atoms with Crippen LogP contribution >= 0.6 is 11.6 Å². The van der Waals surface area contributed by atoms with Crippen LogP contribution in [0.5, 0.6) is 5.75 Å². The van der Waals surface area contributed by atoms with E-state index in [1.165, 1.54) is 12.1 Å². The van der Waals surface area contributed by atoms with Crippen molar-refractivity contribution < 1.29 is 9.66 Å². The number of hydrogen-bond acceptors (Lipinski definition) is 4. The average Bonchev–Trinajstić information content (AvgIpc) is 2.46. The lowest BCUT2D eigenvalue weighted by Gasteiger charge is -2.07. The number of halogens is 1. The summed E-state index contributed by atoms with van der Waals surface area (Å²) in [5.41, 5.74) is 1.59. The summed E-state index contributed by atoms with van der Waals surface area (Å²) >= 11 is 5.76. The van der Waals surface area contributed by atoms with Crippen molar-refractivity contribution in [1.29, 1.82) is 0 Å². The summed E-state index contributed by atoms with van der Waals surface area (Å²) in [6.07, 6.45) is 0. The second-order valence-corrected chi connectivity index (χ2v) is 4.53. The summed E-state index contributed by atoms with van der Waals surface area (Å²) in [7, 11) is 1.61. The predicted octanol–water partition coefficient (Wildman–Crippen LogP) is 3.87. The Labute approximate surface area is 121 Å². The second-order valence-electron chi connectivity index (χ2n) is 4.12. The van der Waals surface area contributed by atoms with E-state index in [-0.39, 0.29) is 10.7 Å². The number of nitrogens with zero attached hydrogens (tertiary/aromatic N) is 1. The highest BCUT2D eigenvalue weighted by atomic mass is 35.5. The van der Waals surface area contributed by atoms with Gasteiger partial charge >= 0.3 is 0 Å². The molecule has 0 aliphatic carbocycles. The van der Waals surface area contributed by atoms with Crippen molar-refractivity contribution in [3.63, 3.8) is 0 Å². The summed E-state index contributed by atoms with van der Waals surface area (Å²) in [5.74, 6) is 0.788. The lowest BCUT2D eigenvalue weighted by molar-refractivity contribution is -0.384. The lowest BCUT2D eigenvalue weighted by atomic mass is 10.2. The molecule has 5 nitrogen and oxygen atoms in total. The summed E-state index contributed by atoms with van der Waals surface area (Å²) < 4.78 is 5.08. The Bertz CT molecular complexity index is 614. The number of anilines is 1. The molecule has 20 heavy (non-hydrogen) atoms. The van der Waals surface area contributed by atoms with Crippen molar-refractivity contribution in [2.45, 2.75) is 6.54 Å². The quantitative estimate of drug-likeness (QED) is 0.671. The Kier molecular flexibility index (Phi) is 4.42. The maximum atomic E-state index is 10.8. The van der Waals surface area contributed by atoms with Gasteiger partial charge in [-0.2, -0.15) is 0 Å². The fourth-order valence-corrected chi connectivity index (χ4v) is 1.90. The maximum absolute atomic E-state index is 10.8. The molecule has 0 bridgehead atoms. The zero-order valence-corrected chi connectivity index (χ0v) is 11.6. The number of rotatable bonds is 5. The number of ether oxygens (including phenoxy) is 1. The number of hydrogen-bond donors (Lipinski definition) is 1. The van der Waals surface area contributed by atoms with E-state index in [0.29, 0.717) is 12.2 Å². The zero-order chi connectivity index (χ0) is 14.5. The fourth-order valence-electron chi connectivity index (χ4n) is 1.71. The predicted molar refractivity (Wildman–Crippen MR) is 78.4 cm³/mol. The SMILES string of the molecule is COc1ccc(CNc2ccc(Cl)c([N+](=O)[O-])c2)cc1. The van der Waals surface area contributed by atoms with Crippen molar-refractivity contribution in [2.24, 2.45) is 0 Å². The van der Waals surface area contributed by atoms with Gasteiger partial charge in [-0.15, -0.1) is 0 Å². The van der Waals surface area contributed by atoms with Gasteiger partial charge in [-0.3, -0.25) is 10.1 Å². The molecule has 2 aromatic rings. The Balaban J connectivity index is 2.06. The van der Waals surface area contributed by atoms with Crippen LogP contribution in [-0.4, -0.2) is 12.0 Å². The third-order valence-corrected chi connectivity index (χ3v) is 3.12. The van der Waals surface area contributed by atoms with Gasteiger partial charge < -0.3 is 10.1 Å².